The number of benzene rings is 9. The molecular formula is C46H30. The molecule has 9 aromatic rings. The molecule has 0 aromatic heterocycles. The van der Waals surface area contributed by atoms with Crippen molar-refractivity contribution >= 4 is 43.1 Å². The molecule has 0 amide bonds. The average Bonchev–Trinajstić information content (AvgIpc) is 3.13. The molecule has 0 saturated heterocycles. The van der Waals surface area contributed by atoms with E-state index in [-0.39, 0.29) is 0 Å². The van der Waals surface area contributed by atoms with E-state index in [0.29, 0.717) is 0 Å². The standard InChI is InChI=1S/C46H30/c1-2-14-33(15-3-1)44-30-36(27-28-38(44)35-26-25-31-13-4-5-17-34(31)29-35)45-40-20-8-10-22-42(40)46(43-23-11-9-21-41(43)45)39-24-12-18-32-16-6-7-19-37(32)39/h1-30H. The fourth-order valence-electron chi connectivity index (χ4n) is 7.34. The van der Waals surface area contributed by atoms with E-state index >= 15 is 0 Å². The first-order chi connectivity index (χ1) is 22.8. The fourth-order valence-corrected chi connectivity index (χ4v) is 7.34. The summed E-state index contributed by atoms with van der Waals surface area (Å²) in [6.07, 6.45) is 0. The van der Waals surface area contributed by atoms with Gasteiger partial charge in [0.1, 0.15) is 0 Å². The van der Waals surface area contributed by atoms with E-state index in [2.05, 4.69) is 182 Å². The van der Waals surface area contributed by atoms with Crippen molar-refractivity contribution in [3.8, 4) is 44.5 Å². The second-order valence-electron chi connectivity index (χ2n) is 12.1. The summed E-state index contributed by atoms with van der Waals surface area (Å²) in [6.45, 7) is 0. The molecule has 0 fully saturated rings. The number of fused-ring (bicyclic) bond motifs is 4. The van der Waals surface area contributed by atoms with Crippen LogP contribution in [0.15, 0.2) is 182 Å². The number of hydrogen-bond acceptors (Lipinski definition) is 0. The first-order valence-electron chi connectivity index (χ1n) is 15.9. The van der Waals surface area contributed by atoms with E-state index in [0.717, 1.165) is 0 Å². The van der Waals surface area contributed by atoms with Gasteiger partial charge in [0.25, 0.3) is 0 Å². The van der Waals surface area contributed by atoms with Gasteiger partial charge in [-0.2, -0.15) is 0 Å². The monoisotopic (exact) mass is 582 g/mol. The summed E-state index contributed by atoms with van der Waals surface area (Å²) >= 11 is 0. The van der Waals surface area contributed by atoms with Crippen LogP contribution in [0.3, 0.4) is 0 Å². The molecule has 0 unspecified atom stereocenters. The molecule has 0 aliphatic rings. The Hall–Kier alpha value is -5.98. The summed E-state index contributed by atoms with van der Waals surface area (Å²) in [4.78, 5) is 0. The van der Waals surface area contributed by atoms with Crippen molar-refractivity contribution in [3.05, 3.63) is 182 Å². The molecule has 0 saturated carbocycles. The average molecular weight is 583 g/mol. The zero-order valence-corrected chi connectivity index (χ0v) is 25.3. The highest BCUT2D eigenvalue weighted by Gasteiger charge is 2.19. The lowest BCUT2D eigenvalue weighted by Crippen LogP contribution is -1.93. The van der Waals surface area contributed by atoms with E-state index in [4.69, 9.17) is 0 Å². The highest BCUT2D eigenvalue weighted by molar-refractivity contribution is 6.23. The summed E-state index contributed by atoms with van der Waals surface area (Å²) in [5.74, 6) is 0. The van der Waals surface area contributed by atoms with Crippen LogP contribution in [0, 0.1) is 0 Å². The summed E-state index contributed by atoms with van der Waals surface area (Å²) in [5.41, 5.74) is 9.98. The maximum Gasteiger partial charge on any atom is -0.00201 e. The van der Waals surface area contributed by atoms with Crippen molar-refractivity contribution in [1.82, 2.24) is 0 Å². The number of rotatable bonds is 4. The zero-order valence-electron chi connectivity index (χ0n) is 25.3. The fraction of sp³-hybridized carbons (Fsp3) is 0. The Kier molecular flexibility index (Phi) is 6.25. The normalized spacial score (nSPS) is 11.5. The minimum absolute atomic E-state index is 1.22. The quantitative estimate of drug-likeness (QED) is 0.181. The van der Waals surface area contributed by atoms with E-state index in [1.807, 2.05) is 0 Å². The first kappa shape index (κ1) is 26.4. The molecule has 9 aromatic carbocycles. The van der Waals surface area contributed by atoms with Gasteiger partial charge in [-0.1, -0.05) is 170 Å². The molecule has 0 heteroatoms. The predicted molar refractivity (Wildman–Crippen MR) is 198 cm³/mol. The SMILES string of the molecule is c1ccc(-c2cc(-c3c4ccccc4c(-c4cccc5ccccc45)c4ccccc34)ccc2-c2ccc3ccccc3c2)cc1. The van der Waals surface area contributed by atoms with Crippen LogP contribution in [0.1, 0.15) is 0 Å². The largest absolute Gasteiger partial charge is 0.0622 e. The van der Waals surface area contributed by atoms with E-state index in [9.17, 15) is 0 Å². The summed E-state index contributed by atoms with van der Waals surface area (Å²) in [5, 5.41) is 10.1. The molecule has 0 spiro atoms. The first-order valence-corrected chi connectivity index (χ1v) is 15.9. The van der Waals surface area contributed by atoms with Gasteiger partial charge in [-0.3, -0.25) is 0 Å². The van der Waals surface area contributed by atoms with Crippen molar-refractivity contribution in [2.24, 2.45) is 0 Å². The lowest BCUT2D eigenvalue weighted by Gasteiger charge is -2.20. The summed E-state index contributed by atoms with van der Waals surface area (Å²) in [6, 6.07) is 66.6. The van der Waals surface area contributed by atoms with Gasteiger partial charge in [0, 0.05) is 0 Å². The van der Waals surface area contributed by atoms with Crippen LogP contribution in [0.4, 0.5) is 0 Å². The van der Waals surface area contributed by atoms with Crippen LogP contribution in [-0.4, -0.2) is 0 Å². The van der Waals surface area contributed by atoms with Crippen molar-refractivity contribution in [1.29, 1.82) is 0 Å². The van der Waals surface area contributed by atoms with E-state index in [1.165, 1.54) is 87.6 Å². The van der Waals surface area contributed by atoms with Crippen LogP contribution < -0.4 is 0 Å². The summed E-state index contributed by atoms with van der Waals surface area (Å²) < 4.78 is 0. The minimum Gasteiger partial charge on any atom is -0.0622 e. The highest BCUT2D eigenvalue weighted by atomic mass is 14.2. The lowest BCUT2D eigenvalue weighted by molar-refractivity contribution is 1.59. The molecule has 0 aliphatic carbocycles. The maximum absolute atomic E-state index is 2.41. The molecule has 0 radical (unpaired) electrons. The molecule has 0 bridgehead atoms. The Morgan fingerprint density at radius 1 is 0.217 bits per heavy atom. The van der Waals surface area contributed by atoms with Gasteiger partial charge < -0.3 is 0 Å². The topological polar surface area (TPSA) is 0 Å². The Balaban J connectivity index is 1.34. The molecule has 0 nitrogen and oxygen atoms in total. The Labute approximate surface area is 268 Å². The van der Waals surface area contributed by atoms with Gasteiger partial charge in [0.2, 0.25) is 0 Å². The third kappa shape index (κ3) is 4.30. The molecule has 214 valence electrons. The van der Waals surface area contributed by atoms with Gasteiger partial charge in [-0.15, -0.1) is 0 Å². The Bertz CT molecular complexity index is 2510. The van der Waals surface area contributed by atoms with Crippen molar-refractivity contribution in [3.63, 3.8) is 0 Å². The van der Waals surface area contributed by atoms with Gasteiger partial charge in [-0.25, -0.2) is 0 Å². The van der Waals surface area contributed by atoms with Gasteiger partial charge >= 0.3 is 0 Å². The smallest absolute Gasteiger partial charge is 0.00201 e. The van der Waals surface area contributed by atoms with E-state index in [1.54, 1.807) is 0 Å². The van der Waals surface area contributed by atoms with Gasteiger partial charge in [-0.05, 0) is 99.7 Å². The third-order valence-corrected chi connectivity index (χ3v) is 9.44. The third-order valence-electron chi connectivity index (χ3n) is 9.44. The molecule has 0 atom stereocenters. The van der Waals surface area contributed by atoms with Crippen LogP contribution in [0.2, 0.25) is 0 Å². The van der Waals surface area contributed by atoms with Crippen molar-refractivity contribution in [2.45, 2.75) is 0 Å². The highest BCUT2D eigenvalue weighted by Crippen LogP contribution is 2.46. The van der Waals surface area contributed by atoms with Gasteiger partial charge in [0.15, 0.2) is 0 Å². The molecule has 0 heterocycles. The van der Waals surface area contributed by atoms with Crippen LogP contribution in [0.25, 0.3) is 87.6 Å². The zero-order chi connectivity index (χ0) is 30.5. The summed E-state index contributed by atoms with van der Waals surface area (Å²) in [7, 11) is 0. The van der Waals surface area contributed by atoms with Crippen LogP contribution in [-0.2, 0) is 0 Å². The van der Waals surface area contributed by atoms with E-state index < -0.39 is 0 Å². The van der Waals surface area contributed by atoms with Crippen LogP contribution in [0.5, 0.6) is 0 Å². The predicted octanol–water partition coefficient (Wildman–Crippen LogP) is 13.0. The van der Waals surface area contributed by atoms with Crippen molar-refractivity contribution < 1.29 is 0 Å². The molecular weight excluding hydrogens is 553 g/mol. The molecule has 46 heavy (non-hydrogen) atoms. The van der Waals surface area contributed by atoms with Crippen molar-refractivity contribution in [2.75, 3.05) is 0 Å². The molecule has 0 aliphatic heterocycles. The Morgan fingerprint density at radius 3 is 1.48 bits per heavy atom. The number of hydrogen-bond donors (Lipinski definition) is 0. The van der Waals surface area contributed by atoms with Gasteiger partial charge in [0.05, 0.1) is 0 Å². The Morgan fingerprint density at radius 2 is 0.761 bits per heavy atom. The minimum atomic E-state index is 1.22. The molecule has 9 rings (SSSR count). The maximum atomic E-state index is 2.41. The lowest BCUT2D eigenvalue weighted by atomic mass is 9.83. The second kappa shape index (κ2) is 10.9. The second-order valence-corrected chi connectivity index (χ2v) is 12.1. The molecule has 0 N–H and O–H groups in total. The van der Waals surface area contributed by atoms with Crippen LogP contribution >= 0.6 is 0 Å².